The fourth-order valence-electron chi connectivity index (χ4n) is 1.87. The number of rotatable bonds is 4. The molecule has 0 radical (unpaired) electrons. The van der Waals surface area contributed by atoms with Gasteiger partial charge in [0.05, 0.1) is 4.90 Å². The number of anilines is 1. The van der Waals surface area contributed by atoms with Crippen LogP contribution < -0.4 is 10.5 Å². The summed E-state index contributed by atoms with van der Waals surface area (Å²) in [5.41, 5.74) is 9.67. The highest BCUT2D eigenvalue weighted by molar-refractivity contribution is 7.89. The van der Waals surface area contributed by atoms with Gasteiger partial charge in [-0.3, -0.25) is 0 Å². The van der Waals surface area contributed by atoms with Gasteiger partial charge < -0.3 is 5.73 Å². The predicted molar refractivity (Wildman–Crippen MR) is 79.7 cm³/mol. The van der Waals surface area contributed by atoms with Crippen LogP contribution in [-0.4, -0.2) is 15.0 Å². The van der Waals surface area contributed by atoms with Gasteiger partial charge in [-0.15, -0.1) is 0 Å². The summed E-state index contributed by atoms with van der Waals surface area (Å²) in [6, 6.07) is 1.81. The van der Waals surface area contributed by atoms with E-state index in [9.17, 15) is 8.42 Å². The minimum atomic E-state index is -3.54. The highest BCUT2D eigenvalue weighted by Gasteiger charge is 2.21. The van der Waals surface area contributed by atoms with Crippen molar-refractivity contribution in [3.63, 3.8) is 0 Å². The molecule has 0 atom stereocenters. The second-order valence-electron chi connectivity index (χ2n) is 5.00. The Labute approximate surface area is 115 Å². The quantitative estimate of drug-likeness (QED) is 0.658. The monoisotopic (exact) mass is 282 g/mol. The maximum Gasteiger partial charge on any atom is 0.241 e. The van der Waals surface area contributed by atoms with Gasteiger partial charge >= 0.3 is 0 Å². The number of nitrogens with two attached hydrogens (primary N) is 1. The maximum atomic E-state index is 12.4. The van der Waals surface area contributed by atoms with Crippen LogP contribution in [0.1, 0.15) is 30.5 Å². The number of aryl methyl sites for hydroxylation is 1. The van der Waals surface area contributed by atoms with Crippen molar-refractivity contribution in [1.29, 1.82) is 0 Å². The Kier molecular flexibility index (Phi) is 4.76. The Morgan fingerprint density at radius 2 is 1.84 bits per heavy atom. The molecule has 0 bridgehead atoms. The van der Waals surface area contributed by atoms with Crippen molar-refractivity contribution in [2.24, 2.45) is 0 Å². The van der Waals surface area contributed by atoms with Gasteiger partial charge in [0.25, 0.3) is 0 Å². The lowest BCUT2D eigenvalue weighted by Crippen LogP contribution is -2.26. The molecule has 1 aromatic rings. The molecule has 1 rings (SSSR count). The van der Waals surface area contributed by atoms with Gasteiger partial charge in [-0.05, 0) is 57.4 Å². The first-order chi connectivity index (χ1) is 8.66. The van der Waals surface area contributed by atoms with Crippen LogP contribution in [0.2, 0.25) is 0 Å². The summed E-state index contributed by atoms with van der Waals surface area (Å²) in [6.45, 7) is 9.54. The summed E-state index contributed by atoms with van der Waals surface area (Å²) in [5.74, 6) is 0. The third-order valence-corrected chi connectivity index (χ3v) is 4.83. The zero-order valence-electron chi connectivity index (χ0n) is 12.2. The number of allylic oxidation sites excluding steroid dienone is 1. The van der Waals surface area contributed by atoms with Gasteiger partial charge in [-0.2, -0.15) is 0 Å². The van der Waals surface area contributed by atoms with Crippen LogP contribution in [0.3, 0.4) is 0 Å². The number of sulfonamides is 1. The molecule has 5 heteroatoms. The average molecular weight is 282 g/mol. The molecule has 0 aromatic heterocycles. The van der Waals surface area contributed by atoms with Crippen LogP contribution in [-0.2, 0) is 10.0 Å². The lowest BCUT2D eigenvalue weighted by atomic mass is 10.1. The predicted octanol–water partition coefficient (Wildman–Crippen LogP) is 2.44. The van der Waals surface area contributed by atoms with Gasteiger partial charge in [-0.25, -0.2) is 13.1 Å². The maximum absolute atomic E-state index is 12.4. The zero-order chi connectivity index (χ0) is 14.8. The first-order valence-electron chi connectivity index (χ1n) is 6.16. The summed E-state index contributed by atoms with van der Waals surface area (Å²) < 4.78 is 27.3. The van der Waals surface area contributed by atoms with E-state index in [1.165, 1.54) is 0 Å². The lowest BCUT2D eigenvalue weighted by molar-refractivity contribution is 0.584. The van der Waals surface area contributed by atoms with Gasteiger partial charge in [0.2, 0.25) is 10.0 Å². The molecule has 3 N–H and O–H groups in total. The third-order valence-electron chi connectivity index (χ3n) is 3.13. The van der Waals surface area contributed by atoms with Crippen LogP contribution in [0.15, 0.2) is 22.6 Å². The second kappa shape index (κ2) is 5.75. The molecule has 19 heavy (non-hydrogen) atoms. The molecular formula is C14H22N2O2S. The molecule has 1 aromatic carbocycles. The second-order valence-corrected chi connectivity index (χ2v) is 6.70. The SMILES string of the molecule is CC(C)=CCNS(=O)(=O)c1c(C)c(C)cc(N)c1C. The fraction of sp³-hybridized carbons (Fsp3) is 0.429. The molecule has 0 saturated heterocycles. The van der Waals surface area contributed by atoms with E-state index >= 15 is 0 Å². The topological polar surface area (TPSA) is 72.2 Å². The smallest absolute Gasteiger partial charge is 0.241 e. The van der Waals surface area contributed by atoms with E-state index in [-0.39, 0.29) is 6.54 Å². The van der Waals surface area contributed by atoms with Gasteiger partial charge in [0.15, 0.2) is 0 Å². The fourth-order valence-corrected chi connectivity index (χ4v) is 3.40. The minimum absolute atomic E-state index is 0.289. The zero-order valence-corrected chi connectivity index (χ0v) is 13.0. The number of hydrogen-bond donors (Lipinski definition) is 2. The van der Waals surface area contributed by atoms with Crippen LogP contribution in [0.5, 0.6) is 0 Å². The van der Waals surface area contributed by atoms with E-state index in [1.807, 2.05) is 26.8 Å². The van der Waals surface area contributed by atoms with Gasteiger partial charge in [0, 0.05) is 12.2 Å². The number of hydrogen-bond acceptors (Lipinski definition) is 3. The molecule has 0 aliphatic rings. The van der Waals surface area contributed by atoms with Crippen LogP contribution in [0, 0.1) is 20.8 Å². The van der Waals surface area contributed by atoms with Crippen molar-refractivity contribution in [2.75, 3.05) is 12.3 Å². The largest absolute Gasteiger partial charge is 0.398 e. The van der Waals surface area contributed by atoms with Crippen molar-refractivity contribution in [2.45, 2.75) is 39.5 Å². The van der Waals surface area contributed by atoms with Gasteiger partial charge in [0.1, 0.15) is 0 Å². The summed E-state index contributed by atoms with van der Waals surface area (Å²) in [7, 11) is -3.54. The highest BCUT2D eigenvalue weighted by atomic mass is 32.2. The van der Waals surface area contributed by atoms with E-state index in [1.54, 1.807) is 19.9 Å². The summed E-state index contributed by atoms with van der Waals surface area (Å²) in [5, 5.41) is 0. The molecule has 0 aliphatic carbocycles. The number of nitrogen functional groups attached to an aromatic ring is 1. The Morgan fingerprint density at radius 1 is 1.26 bits per heavy atom. The highest BCUT2D eigenvalue weighted by Crippen LogP contribution is 2.27. The lowest BCUT2D eigenvalue weighted by Gasteiger charge is -2.15. The van der Waals surface area contributed by atoms with Crippen molar-refractivity contribution < 1.29 is 8.42 Å². The van der Waals surface area contributed by atoms with Crippen LogP contribution >= 0.6 is 0 Å². The van der Waals surface area contributed by atoms with E-state index in [2.05, 4.69) is 4.72 Å². The molecular weight excluding hydrogens is 260 g/mol. The Morgan fingerprint density at radius 3 is 2.37 bits per heavy atom. The van der Waals surface area contributed by atoms with E-state index in [0.29, 0.717) is 16.1 Å². The van der Waals surface area contributed by atoms with E-state index < -0.39 is 10.0 Å². The summed E-state index contributed by atoms with van der Waals surface area (Å²) in [4.78, 5) is 0.298. The molecule has 0 heterocycles. The Bertz CT molecular complexity index is 587. The van der Waals surface area contributed by atoms with E-state index in [0.717, 1.165) is 16.7 Å². The van der Waals surface area contributed by atoms with Crippen LogP contribution in [0.25, 0.3) is 0 Å². The molecule has 0 unspecified atom stereocenters. The van der Waals surface area contributed by atoms with Crippen molar-refractivity contribution >= 4 is 15.7 Å². The number of nitrogens with one attached hydrogen (secondary N) is 1. The summed E-state index contributed by atoms with van der Waals surface area (Å²) >= 11 is 0. The van der Waals surface area contributed by atoms with Crippen LogP contribution in [0.4, 0.5) is 5.69 Å². The Hall–Kier alpha value is -1.33. The van der Waals surface area contributed by atoms with Gasteiger partial charge in [-0.1, -0.05) is 11.6 Å². The van der Waals surface area contributed by atoms with Crippen molar-refractivity contribution in [3.05, 3.63) is 34.4 Å². The standard InChI is InChI=1S/C14H22N2O2S/c1-9(2)6-7-16-19(17,18)14-11(4)10(3)8-13(15)12(14)5/h6,8,16H,7,15H2,1-5H3. The summed E-state index contributed by atoms with van der Waals surface area (Å²) in [6.07, 6.45) is 1.83. The average Bonchev–Trinajstić information content (AvgIpc) is 2.25. The third kappa shape index (κ3) is 3.58. The molecule has 106 valence electrons. The first-order valence-corrected chi connectivity index (χ1v) is 7.64. The molecule has 0 saturated carbocycles. The normalized spacial score (nSPS) is 11.4. The molecule has 0 aliphatic heterocycles. The molecule has 0 spiro atoms. The molecule has 0 fully saturated rings. The molecule has 4 nitrogen and oxygen atoms in total. The van der Waals surface area contributed by atoms with Crippen molar-refractivity contribution in [1.82, 2.24) is 4.72 Å². The number of benzene rings is 1. The first kappa shape index (κ1) is 15.7. The Balaban J connectivity index is 3.26. The molecule has 0 amide bonds. The van der Waals surface area contributed by atoms with Crippen molar-refractivity contribution in [3.8, 4) is 0 Å². The minimum Gasteiger partial charge on any atom is -0.398 e. The van der Waals surface area contributed by atoms with E-state index in [4.69, 9.17) is 5.73 Å².